The number of benzene rings is 1. The van der Waals surface area contributed by atoms with Crippen LogP contribution in [0.25, 0.3) is 0 Å². The highest BCUT2D eigenvalue weighted by molar-refractivity contribution is 7.84. The number of anilines is 1. The number of hydrogen-bond acceptors (Lipinski definition) is 3. The molecule has 1 atom stereocenters. The summed E-state index contributed by atoms with van der Waals surface area (Å²) in [6.45, 7) is 0.376. The molecular weight excluding hydrogens is 296 g/mol. The van der Waals surface area contributed by atoms with Gasteiger partial charge in [-0.2, -0.15) is 0 Å². The molecule has 2 rings (SSSR count). The molecule has 106 valence electrons. The lowest BCUT2D eigenvalue weighted by Crippen LogP contribution is -2.22. The summed E-state index contributed by atoms with van der Waals surface area (Å²) in [5.41, 5.74) is 6.85. The molecule has 6 heteroatoms. The molecule has 0 aliphatic heterocycles. The Bertz CT molecular complexity index is 685. The zero-order valence-electron chi connectivity index (χ0n) is 10.8. The minimum Gasteiger partial charge on any atom is -0.398 e. The van der Waals surface area contributed by atoms with Gasteiger partial charge in [-0.3, -0.25) is 9.00 Å². The van der Waals surface area contributed by atoms with Crippen LogP contribution >= 0.6 is 11.6 Å². The number of nitrogens with zero attached hydrogens (tertiary/aromatic N) is 1. The molecule has 0 saturated carbocycles. The Hall–Kier alpha value is -1.59. The van der Waals surface area contributed by atoms with E-state index in [9.17, 15) is 9.00 Å². The highest BCUT2D eigenvalue weighted by Crippen LogP contribution is 2.16. The molecule has 1 aromatic carbocycles. The molecule has 0 aliphatic rings. The van der Waals surface area contributed by atoms with Crippen molar-refractivity contribution in [2.75, 3.05) is 11.5 Å². The van der Waals surface area contributed by atoms with Crippen LogP contribution in [0.2, 0.25) is 5.02 Å². The van der Waals surface area contributed by atoms with Crippen molar-refractivity contribution >= 4 is 28.1 Å². The van der Waals surface area contributed by atoms with Gasteiger partial charge in [0.2, 0.25) is 0 Å². The molecule has 1 unspecified atom stereocenters. The molecule has 0 spiro atoms. The molecule has 0 saturated heterocycles. The molecule has 4 nitrogen and oxygen atoms in total. The zero-order valence-corrected chi connectivity index (χ0v) is 12.4. The summed E-state index contributed by atoms with van der Waals surface area (Å²) in [4.78, 5) is 11.6. The van der Waals surface area contributed by atoms with E-state index in [0.29, 0.717) is 28.8 Å². The number of pyridine rings is 1. The predicted molar refractivity (Wildman–Crippen MR) is 83.3 cm³/mol. The maximum atomic E-state index is 12.0. The Morgan fingerprint density at radius 3 is 2.70 bits per heavy atom. The van der Waals surface area contributed by atoms with Gasteiger partial charge in [-0.15, -0.1) is 0 Å². The van der Waals surface area contributed by atoms with Gasteiger partial charge in [-0.1, -0.05) is 29.8 Å². The van der Waals surface area contributed by atoms with E-state index >= 15 is 0 Å². The third-order valence-electron chi connectivity index (χ3n) is 2.84. The average molecular weight is 311 g/mol. The van der Waals surface area contributed by atoms with Crippen molar-refractivity contribution in [3.8, 4) is 0 Å². The highest BCUT2D eigenvalue weighted by Gasteiger charge is 2.06. The topological polar surface area (TPSA) is 65.1 Å². The summed E-state index contributed by atoms with van der Waals surface area (Å²) < 4.78 is 13.5. The first kappa shape index (κ1) is 14.8. The fraction of sp³-hybridized carbons (Fsp3) is 0.214. The fourth-order valence-corrected chi connectivity index (χ4v) is 3.21. The van der Waals surface area contributed by atoms with Gasteiger partial charge in [0, 0.05) is 46.1 Å². The summed E-state index contributed by atoms with van der Waals surface area (Å²) in [6, 6.07) is 10.3. The van der Waals surface area contributed by atoms with Crippen LogP contribution in [0.1, 0.15) is 5.56 Å². The highest BCUT2D eigenvalue weighted by atomic mass is 35.5. The first-order valence-corrected chi connectivity index (χ1v) is 7.97. The molecule has 0 fully saturated rings. The Kier molecular flexibility index (Phi) is 4.98. The Morgan fingerprint density at radius 2 is 1.95 bits per heavy atom. The Morgan fingerprint density at radius 1 is 1.20 bits per heavy atom. The van der Waals surface area contributed by atoms with Crippen molar-refractivity contribution in [3.63, 3.8) is 0 Å². The van der Waals surface area contributed by atoms with Gasteiger partial charge in [-0.25, -0.2) is 0 Å². The third-order valence-corrected chi connectivity index (χ3v) is 4.48. The SMILES string of the molecule is Nc1ccc(=O)n(CCS(=O)Cc2ccccc2Cl)c1. The number of hydrogen-bond donors (Lipinski definition) is 1. The molecular formula is C14H15ClN2O2S. The van der Waals surface area contributed by atoms with E-state index in [2.05, 4.69) is 0 Å². The smallest absolute Gasteiger partial charge is 0.250 e. The summed E-state index contributed by atoms with van der Waals surface area (Å²) in [6.07, 6.45) is 1.56. The second-order valence-corrected chi connectivity index (χ2v) is 6.36. The summed E-state index contributed by atoms with van der Waals surface area (Å²) in [5, 5.41) is 0.613. The lowest BCUT2D eigenvalue weighted by atomic mass is 10.2. The lowest BCUT2D eigenvalue weighted by molar-refractivity contribution is 0.669. The standard InChI is InChI=1S/C14H15ClN2O2S/c15-13-4-2-1-3-11(13)10-20(19)8-7-17-9-12(16)5-6-14(17)18/h1-6,9H,7-8,10,16H2. The van der Waals surface area contributed by atoms with E-state index in [-0.39, 0.29) is 5.56 Å². The van der Waals surface area contributed by atoms with E-state index in [4.69, 9.17) is 17.3 Å². The number of nitrogen functional groups attached to an aromatic ring is 1. The van der Waals surface area contributed by atoms with Crippen LogP contribution in [0.3, 0.4) is 0 Å². The minimum absolute atomic E-state index is 0.144. The van der Waals surface area contributed by atoms with Crippen LogP contribution in [0.4, 0.5) is 5.69 Å². The van der Waals surface area contributed by atoms with Crippen LogP contribution in [0.15, 0.2) is 47.4 Å². The van der Waals surface area contributed by atoms with Crippen LogP contribution in [-0.2, 0) is 23.1 Å². The van der Waals surface area contributed by atoms with Gasteiger partial charge < -0.3 is 10.3 Å². The number of rotatable bonds is 5. The fourth-order valence-electron chi connectivity index (χ4n) is 1.79. The van der Waals surface area contributed by atoms with Crippen molar-refractivity contribution in [2.45, 2.75) is 12.3 Å². The second kappa shape index (κ2) is 6.72. The Labute approximate surface area is 124 Å². The summed E-state index contributed by atoms with van der Waals surface area (Å²) in [5.74, 6) is 0.769. The van der Waals surface area contributed by atoms with Gasteiger partial charge in [0.15, 0.2) is 0 Å². The lowest BCUT2D eigenvalue weighted by Gasteiger charge is -2.07. The normalized spacial score (nSPS) is 12.2. The van der Waals surface area contributed by atoms with Gasteiger partial charge >= 0.3 is 0 Å². The van der Waals surface area contributed by atoms with E-state index in [1.165, 1.54) is 10.6 Å². The van der Waals surface area contributed by atoms with Crippen molar-refractivity contribution in [2.24, 2.45) is 0 Å². The molecule has 0 bridgehead atoms. The van der Waals surface area contributed by atoms with Gasteiger partial charge in [0.05, 0.1) is 5.75 Å². The number of halogens is 1. The van der Waals surface area contributed by atoms with Gasteiger partial charge in [-0.05, 0) is 17.7 Å². The quantitative estimate of drug-likeness (QED) is 0.919. The van der Waals surface area contributed by atoms with Crippen molar-refractivity contribution in [3.05, 3.63) is 63.5 Å². The van der Waals surface area contributed by atoms with Crippen LogP contribution in [-0.4, -0.2) is 14.5 Å². The Balaban J connectivity index is 1.98. The number of nitrogens with two attached hydrogens (primary N) is 1. The van der Waals surface area contributed by atoms with Crippen LogP contribution < -0.4 is 11.3 Å². The van der Waals surface area contributed by atoms with E-state index in [1.807, 2.05) is 18.2 Å². The van der Waals surface area contributed by atoms with E-state index < -0.39 is 10.8 Å². The monoisotopic (exact) mass is 310 g/mol. The molecule has 0 radical (unpaired) electrons. The van der Waals surface area contributed by atoms with Crippen molar-refractivity contribution in [1.29, 1.82) is 0 Å². The molecule has 2 N–H and O–H groups in total. The first-order valence-electron chi connectivity index (χ1n) is 6.10. The average Bonchev–Trinajstić information content (AvgIpc) is 2.42. The van der Waals surface area contributed by atoms with Crippen molar-refractivity contribution < 1.29 is 4.21 Å². The molecule has 1 aromatic heterocycles. The maximum Gasteiger partial charge on any atom is 0.250 e. The van der Waals surface area contributed by atoms with Crippen LogP contribution in [0.5, 0.6) is 0 Å². The zero-order chi connectivity index (χ0) is 14.5. The van der Waals surface area contributed by atoms with Crippen molar-refractivity contribution in [1.82, 2.24) is 4.57 Å². The predicted octanol–water partition coefficient (Wildman–Crippen LogP) is 2.03. The second-order valence-electron chi connectivity index (χ2n) is 4.37. The summed E-state index contributed by atoms with van der Waals surface area (Å²) in [7, 11) is -1.08. The molecule has 20 heavy (non-hydrogen) atoms. The number of aromatic nitrogens is 1. The summed E-state index contributed by atoms with van der Waals surface area (Å²) >= 11 is 6.03. The van der Waals surface area contributed by atoms with Gasteiger partial charge in [0.1, 0.15) is 0 Å². The maximum absolute atomic E-state index is 12.0. The number of aryl methyl sites for hydroxylation is 1. The largest absolute Gasteiger partial charge is 0.398 e. The first-order chi connectivity index (χ1) is 9.56. The minimum atomic E-state index is -1.08. The van der Waals surface area contributed by atoms with Gasteiger partial charge in [0.25, 0.3) is 5.56 Å². The van der Waals surface area contributed by atoms with E-state index in [1.54, 1.807) is 18.3 Å². The van der Waals surface area contributed by atoms with E-state index in [0.717, 1.165) is 5.56 Å². The molecule has 0 aliphatic carbocycles. The third kappa shape index (κ3) is 3.95. The molecule has 0 amide bonds. The van der Waals surface area contributed by atoms with Crippen LogP contribution in [0, 0.1) is 0 Å². The molecule has 2 aromatic rings. The molecule has 1 heterocycles.